The zero-order chi connectivity index (χ0) is 23.1. The van der Waals surface area contributed by atoms with Crippen molar-refractivity contribution in [3.05, 3.63) is 87.7 Å². The standard InChI is InChI=1S/C28H26ClFO3/c1-16-5-11-25(30)24(13-16)22-9-8-20-21(28(22)29)10-12-26(20)33-19-4-2-3-18(14-19)23(15-27(31)32)17-6-7-17/h2-5,8-9,11,13-14,17,23,26H,6-7,10,12,15H2,1H3,(H,31,32)/t23-,26+/m0/s1. The summed E-state index contributed by atoms with van der Waals surface area (Å²) < 4.78 is 20.8. The number of hydrogen-bond donors (Lipinski definition) is 1. The maximum absolute atomic E-state index is 14.5. The molecule has 2 atom stereocenters. The molecule has 2 aliphatic rings. The molecule has 0 unspecified atom stereocenters. The molecule has 3 aromatic rings. The summed E-state index contributed by atoms with van der Waals surface area (Å²) in [6.07, 6.45) is 3.74. The van der Waals surface area contributed by atoms with Gasteiger partial charge < -0.3 is 9.84 Å². The van der Waals surface area contributed by atoms with Gasteiger partial charge in [0.15, 0.2) is 0 Å². The van der Waals surface area contributed by atoms with Crippen LogP contribution in [0.15, 0.2) is 54.6 Å². The van der Waals surface area contributed by atoms with Crippen LogP contribution < -0.4 is 4.74 Å². The molecule has 170 valence electrons. The van der Waals surface area contributed by atoms with Crippen LogP contribution in [0.4, 0.5) is 4.39 Å². The highest BCUT2D eigenvalue weighted by atomic mass is 35.5. The van der Waals surface area contributed by atoms with E-state index in [0.29, 0.717) is 22.1 Å². The van der Waals surface area contributed by atoms with E-state index in [-0.39, 0.29) is 24.3 Å². The Morgan fingerprint density at radius 2 is 1.94 bits per heavy atom. The molecule has 0 saturated heterocycles. The lowest BCUT2D eigenvalue weighted by Crippen LogP contribution is -2.09. The Kier molecular flexibility index (Phi) is 5.88. The fraction of sp³-hybridized carbons (Fsp3) is 0.321. The van der Waals surface area contributed by atoms with Gasteiger partial charge in [0.1, 0.15) is 17.7 Å². The first kappa shape index (κ1) is 22.0. The summed E-state index contributed by atoms with van der Waals surface area (Å²) in [5.41, 5.74) is 5.28. The third kappa shape index (κ3) is 4.49. The largest absolute Gasteiger partial charge is 0.486 e. The molecule has 33 heavy (non-hydrogen) atoms. The van der Waals surface area contributed by atoms with Crippen LogP contribution in [0.5, 0.6) is 5.75 Å². The van der Waals surface area contributed by atoms with E-state index in [1.165, 1.54) is 6.07 Å². The summed E-state index contributed by atoms with van der Waals surface area (Å²) in [6.45, 7) is 1.94. The van der Waals surface area contributed by atoms with Gasteiger partial charge in [0.25, 0.3) is 0 Å². The van der Waals surface area contributed by atoms with Gasteiger partial charge in [0.2, 0.25) is 0 Å². The van der Waals surface area contributed by atoms with Crippen molar-refractivity contribution >= 4 is 17.6 Å². The van der Waals surface area contributed by atoms with Gasteiger partial charge in [0, 0.05) is 11.1 Å². The van der Waals surface area contributed by atoms with Crippen molar-refractivity contribution in [3.8, 4) is 16.9 Å². The third-order valence-corrected chi connectivity index (χ3v) is 7.28. The smallest absolute Gasteiger partial charge is 0.303 e. The fourth-order valence-corrected chi connectivity index (χ4v) is 5.39. The maximum Gasteiger partial charge on any atom is 0.303 e. The van der Waals surface area contributed by atoms with Gasteiger partial charge in [-0.1, -0.05) is 47.5 Å². The van der Waals surface area contributed by atoms with Crippen molar-refractivity contribution < 1.29 is 19.0 Å². The fourth-order valence-electron chi connectivity index (χ4n) is 5.02. The summed E-state index contributed by atoms with van der Waals surface area (Å²) in [4.78, 5) is 11.4. The predicted molar refractivity (Wildman–Crippen MR) is 127 cm³/mol. The van der Waals surface area contributed by atoms with Crippen LogP contribution in [0.25, 0.3) is 11.1 Å². The van der Waals surface area contributed by atoms with Crippen LogP contribution in [-0.4, -0.2) is 11.1 Å². The molecule has 1 fully saturated rings. The minimum Gasteiger partial charge on any atom is -0.486 e. The molecule has 0 aliphatic heterocycles. The van der Waals surface area contributed by atoms with Crippen molar-refractivity contribution in [3.63, 3.8) is 0 Å². The van der Waals surface area contributed by atoms with Crippen LogP contribution in [0, 0.1) is 18.7 Å². The summed E-state index contributed by atoms with van der Waals surface area (Å²) in [7, 11) is 0. The number of aliphatic carboxylic acids is 1. The van der Waals surface area contributed by atoms with Crippen molar-refractivity contribution in [2.45, 2.75) is 51.0 Å². The maximum atomic E-state index is 14.5. The molecular formula is C28H26ClFO3. The molecule has 3 aromatic carbocycles. The number of carboxylic acid groups (broad SMARTS) is 1. The van der Waals surface area contributed by atoms with Gasteiger partial charge in [-0.15, -0.1) is 0 Å². The average molecular weight is 465 g/mol. The minimum absolute atomic E-state index is 0.0307. The second kappa shape index (κ2) is 8.83. The first-order valence-electron chi connectivity index (χ1n) is 11.5. The Bertz CT molecular complexity index is 1220. The minimum atomic E-state index is -0.765. The number of carbonyl (C=O) groups is 1. The Hall–Kier alpha value is -2.85. The Morgan fingerprint density at radius 1 is 1.12 bits per heavy atom. The van der Waals surface area contributed by atoms with Crippen molar-refractivity contribution in [2.24, 2.45) is 5.92 Å². The highest BCUT2D eigenvalue weighted by Gasteiger charge is 2.34. The lowest BCUT2D eigenvalue weighted by molar-refractivity contribution is -0.137. The van der Waals surface area contributed by atoms with E-state index in [1.807, 2.05) is 49.4 Å². The molecule has 2 aliphatic carbocycles. The molecule has 1 N–H and O–H groups in total. The van der Waals surface area contributed by atoms with Crippen molar-refractivity contribution in [1.29, 1.82) is 0 Å². The molecular weight excluding hydrogens is 439 g/mol. The van der Waals surface area contributed by atoms with Crippen LogP contribution >= 0.6 is 11.6 Å². The highest BCUT2D eigenvalue weighted by molar-refractivity contribution is 6.34. The zero-order valence-electron chi connectivity index (χ0n) is 18.5. The normalized spacial score (nSPS) is 18.1. The molecule has 0 aromatic heterocycles. The second-order valence-corrected chi connectivity index (χ2v) is 9.62. The lowest BCUT2D eigenvalue weighted by Gasteiger charge is -2.19. The van der Waals surface area contributed by atoms with E-state index in [2.05, 4.69) is 0 Å². The van der Waals surface area contributed by atoms with Gasteiger partial charge in [-0.2, -0.15) is 0 Å². The predicted octanol–water partition coefficient (Wildman–Crippen LogP) is 7.49. The Labute approximate surface area is 198 Å². The molecule has 3 nitrogen and oxygen atoms in total. The lowest BCUT2D eigenvalue weighted by atomic mass is 9.91. The Morgan fingerprint density at radius 3 is 2.70 bits per heavy atom. The van der Waals surface area contributed by atoms with Crippen LogP contribution in [0.1, 0.15) is 60.0 Å². The summed E-state index contributed by atoms with van der Waals surface area (Å²) in [5.74, 6) is 0.173. The van der Waals surface area contributed by atoms with Crippen molar-refractivity contribution in [2.75, 3.05) is 0 Å². The molecule has 0 bridgehead atoms. The SMILES string of the molecule is Cc1ccc(F)c(-c2ccc3c(c2Cl)CC[C@H]3Oc2cccc([C@@H](CC(=O)O)C3CC3)c2)c1. The van der Waals surface area contributed by atoms with Crippen LogP contribution in [0.2, 0.25) is 5.02 Å². The van der Waals surface area contributed by atoms with Gasteiger partial charge in [-0.05, 0) is 85.4 Å². The molecule has 1 saturated carbocycles. The van der Waals surface area contributed by atoms with E-state index >= 15 is 0 Å². The number of aryl methyl sites for hydroxylation is 1. The molecule has 0 amide bonds. The highest BCUT2D eigenvalue weighted by Crippen LogP contribution is 2.46. The van der Waals surface area contributed by atoms with E-state index in [1.54, 1.807) is 6.07 Å². The number of halogens is 2. The molecule has 0 heterocycles. The number of benzene rings is 3. The van der Waals surface area contributed by atoms with Crippen LogP contribution in [-0.2, 0) is 11.2 Å². The average Bonchev–Trinajstić information content (AvgIpc) is 3.55. The first-order valence-corrected chi connectivity index (χ1v) is 11.8. The molecule has 0 radical (unpaired) electrons. The summed E-state index contributed by atoms with van der Waals surface area (Å²) >= 11 is 6.76. The number of ether oxygens (including phenoxy) is 1. The number of hydrogen-bond acceptors (Lipinski definition) is 2. The number of rotatable bonds is 7. The van der Waals surface area contributed by atoms with Crippen LogP contribution in [0.3, 0.4) is 0 Å². The molecule has 0 spiro atoms. The number of carboxylic acids is 1. The quantitative estimate of drug-likeness (QED) is 0.394. The third-order valence-electron chi connectivity index (χ3n) is 6.85. The van der Waals surface area contributed by atoms with E-state index in [9.17, 15) is 14.3 Å². The van der Waals surface area contributed by atoms with Gasteiger partial charge in [-0.3, -0.25) is 4.79 Å². The first-order chi connectivity index (χ1) is 15.9. The Balaban J connectivity index is 1.40. The van der Waals surface area contributed by atoms with E-state index < -0.39 is 5.97 Å². The van der Waals surface area contributed by atoms with Gasteiger partial charge in [-0.25, -0.2) is 4.39 Å². The zero-order valence-corrected chi connectivity index (χ0v) is 19.2. The van der Waals surface area contributed by atoms with Gasteiger partial charge >= 0.3 is 5.97 Å². The summed E-state index contributed by atoms with van der Waals surface area (Å²) in [5, 5.41) is 9.92. The second-order valence-electron chi connectivity index (χ2n) is 9.24. The molecule has 5 heteroatoms. The summed E-state index contributed by atoms with van der Waals surface area (Å²) in [6, 6.07) is 16.8. The van der Waals surface area contributed by atoms with E-state index in [4.69, 9.17) is 16.3 Å². The molecule has 5 rings (SSSR count). The van der Waals surface area contributed by atoms with Crippen molar-refractivity contribution in [1.82, 2.24) is 0 Å². The van der Waals surface area contributed by atoms with Gasteiger partial charge in [0.05, 0.1) is 11.4 Å². The van der Waals surface area contributed by atoms with E-state index in [0.717, 1.165) is 53.7 Å². The monoisotopic (exact) mass is 464 g/mol. The number of fused-ring (bicyclic) bond motifs is 1. The topological polar surface area (TPSA) is 46.5 Å².